The van der Waals surface area contributed by atoms with Gasteiger partial charge in [0.1, 0.15) is 6.04 Å². The van der Waals surface area contributed by atoms with Gasteiger partial charge in [-0.15, -0.1) is 11.3 Å². The third kappa shape index (κ3) is 2.60. The summed E-state index contributed by atoms with van der Waals surface area (Å²) in [7, 11) is 0. The average Bonchev–Trinajstić information content (AvgIpc) is 3.24. The van der Waals surface area contributed by atoms with Gasteiger partial charge in [-0.05, 0) is 46.9 Å². The topological polar surface area (TPSA) is 53.4 Å². The molecule has 0 radical (unpaired) electrons. The van der Waals surface area contributed by atoms with Gasteiger partial charge in [0, 0.05) is 23.6 Å². The SMILES string of the molecule is O=C(O)C1CCCN1C(c1cccnc1)c1csc2ccccc12. The van der Waals surface area contributed by atoms with E-state index in [1.54, 1.807) is 17.5 Å². The summed E-state index contributed by atoms with van der Waals surface area (Å²) in [4.78, 5) is 18.1. The molecule has 1 aliphatic rings. The molecule has 0 saturated carbocycles. The van der Waals surface area contributed by atoms with Crippen LogP contribution in [0.3, 0.4) is 0 Å². The smallest absolute Gasteiger partial charge is 0.320 e. The number of hydrogen-bond acceptors (Lipinski definition) is 4. The van der Waals surface area contributed by atoms with Gasteiger partial charge in [0.2, 0.25) is 0 Å². The fraction of sp³-hybridized carbons (Fsp3) is 0.263. The molecule has 2 atom stereocenters. The van der Waals surface area contributed by atoms with Crippen LogP contribution in [0.2, 0.25) is 0 Å². The van der Waals surface area contributed by atoms with E-state index >= 15 is 0 Å². The summed E-state index contributed by atoms with van der Waals surface area (Å²) in [5.41, 5.74) is 2.23. The molecule has 3 heterocycles. The van der Waals surface area contributed by atoms with Crippen LogP contribution in [0.15, 0.2) is 54.2 Å². The zero-order chi connectivity index (χ0) is 16.5. The normalized spacial score (nSPS) is 19.6. The van der Waals surface area contributed by atoms with Crippen LogP contribution < -0.4 is 0 Å². The van der Waals surface area contributed by atoms with Crippen molar-refractivity contribution in [2.75, 3.05) is 6.54 Å². The van der Waals surface area contributed by atoms with Gasteiger partial charge in [-0.2, -0.15) is 0 Å². The highest BCUT2D eigenvalue weighted by Gasteiger charge is 2.37. The van der Waals surface area contributed by atoms with E-state index in [0.717, 1.165) is 18.5 Å². The molecule has 0 bridgehead atoms. The maximum absolute atomic E-state index is 11.7. The summed E-state index contributed by atoms with van der Waals surface area (Å²) in [5, 5.41) is 13.0. The molecule has 24 heavy (non-hydrogen) atoms. The zero-order valence-electron chi connectivity index (χ0n) is 13.1. The van der Waals surface area contributed by atoms with Crippen LogP contribution in [-0.4, -0.2) is 33.5 Å². The molecule has 3 aromatic rings. The summed E-state index contributed by atoms with van der Waals surface area (Å²) >= 11 is 1.71. The number of rotatable bonds is 4. The summed E-state index contributed by atoms with van der Waals surface area (Å²) in [5.74, 6) is -0.735. The molecule has 0 amide bonds. The van der Waals surface area contributed by atoms with Crippen molar-refractivity contribution in [2.24, 2.45) is 0 Å². The molecule has 122 valence electrons. The predicted octanol–water partition coefficient (Wildman–Crippen LogP) is 3.93. The lowest BCUT2D eigenvalue weighted by Crippen LogP contribution is -2.39. The molecule has 2 aromatic heterocycles. The molecule has 4 rings (SSSR count). The van der Waals surface area contributed by atoms with Gasteiger partial charge < -0.3 is 5.11 Å². The Balaban J connectivity index is 1.86. The van der Waals surface area contributed by atoms with Crippen LogP contribution in [0.5, 0.6) is 0 Å². The van der Waals surface area contributed by atoms with Gasteiger partial charge in [-0.25, -0.2) is 0 Å². The van der Waals surface area contributed by atoms with E-state index in [1.807, 2.05) is 30.5 Å². The molecular formula is C19H18N2O2S. The van der Waals surface area contributed by atoms with E-state index in [2.05, 4.69) is 27.4 Å². The zero-order valence-corrected chi connectivity index (χ0v) is 13.9. The van der Waals surface area contributed by atoms with Gasteiger partial charge in [0.05, 0.1) is 6.04 Å². The molecular weight excluding hydrogens is 320 g/mol. The number of pyridine rings is 1. The second-order valence-corrected chi connectivity index (χ2v) is 7.02. The van der Waals surface area contributed by atoms with Crippen molar-refractivity contribution in [3.05, 3.63) is 65.3 Å². The number of fused-ring (bicyclic) bond motifs is 1. The first kappa shape index (κ1) is 15.3. The molecule has 0 spiro atoms. The lowest BCUT2D eigenvalue weighted by atomic mass is 9.97. The highest BCUT2D eigenvalue weighted by atomic mass is 32.1. The van der Waals surface area contributed by atoms with Gasteiger partial charge in [0.25, 0.3) is 0 Å². The van der Waals surface area contributed by atoms with Crippen LogP contribution in [0.25, 0.3) is 10.1 Å². The number of hydrogen-bond donors (Lipinski definition) is 1. The van der Waals surface area contributed by atoms with Crippen molar-refractivity contribution in [3.63, 3.8) is 0 Å². The second-order valence-electron chi connectivity index (χ2n) is 6.11. The van der Waals surface area contributed by atoms with Crippen molar-refractivity contribution in [3.8, 4) is 0 Å². The van der Waals surface area contributed by atoms with Crippen molar-refractivity contribution in [2.45, 2.75) is 24.9 Å². The van der Waals surface area contributed by atoms with Crippen LogP contribution in [0.1, 0.15) is 30.0 Å². The standard InChI is InChI=1S/C19H18N2O2S/c22-19(23)16-7-4-10-21(16)18(13-5-3-9-20-11-13)15-12-24-17-8-2-1-6-14(15)17/h1-3,5-6,8-9,11-12,16,18H,4,7,10H2,(H,22,23). The quantitative estimate of drug-likeness (QED) is 0.783. The first-order valence-corrected chi connectivity index (χ1v) is 8.98. The van der Waals surface area contributed by atoms with Gasteiger partial charge >= 0.3 is 5.97 Å². The Kier molecular flexibility index (Phi) is 4.04. The van der Waals surface area contributed by atoms with Gasteiger partial charge in [-0.3, -0.25) is 14.7 Å². The highest BCUT2D eigenvalue weighted by Crippen LogP contribution is 2.40. The average molecular weight is 338 g/mol. The lowest BCUT2D eigenvalue weighted by molar-refractivity contribution is -0.142. The number of aliphatic carboxylic acids is 1. The number of carboxylic acids is 1. The van der Waals surface area contributed by atoms with Crippen molar-refractivity contribution < 1.29 is 9.90 Å². The minimum absolute atomic E-state index is 0.0709. The number of carbonyl (C=O) groups is 1. The molecule has 1 fully saturated rings. The Bertz CT molecular complexity index is 862. The highest BCUT2D eigenvalue weighted by molar-refractivity contribution is 7.17. The largest absolute Gasteiger partial charge is 0.480 e. The number of carboxylic acid groups (broad SMARTS) is 1. The van der Waals surface area contributed by atoms with Crippen molar-refractivity contribution in [1.82, 2.24) is 9.88 Å². The number of benzene rings is 1. The molecule has 0 aliphatic carbocycles. The molecule has 1 aliphatic heterocycles. The minimum atomic E-state index is -0.735. The number of nitrogens with zero attached hydrogens (tertiary/aromatic N) is 2. The predicted molar refractivity (Wildman–Crippen MR) is 95.3 cm³/mol. The molecule has 4 nitrogen and oxygen atoms in total. The van der Waals surface area contributed by atoms with E-state index in [4.69, 9.17) is 0 Å². The monoisotopic (exact) mass is 338 g/mol. The number of aromatic nitrogens is 1. The van der Waals surface area contributed by atoms with Crippen LogP contribution >= 0.6 is 11.3 Å². The van der Waals surface area contributed by atoms with Crippen LogP contribution in [0, 0.1) is 0 Å². The summed E-state index contributed by atoms with van der Waals surface area (Å²) in [6.45, 7) is 0.792. The van der Waals surface area contributed by atoms with Crippen molar-refractivity contribution >= 4 is 27.4 Å². The Morgan fingerprint density at radius 1 is 1.29 bits per heavy atom. The third-order valence-corrected chi connectivity index (χ3v) is 5.70. The van der Waals surface area contributed by atoms with E-state index in [1.165, 1.54) is 15.6 Å². The van der Waals surface area contributed by atoms with E-state index in [9.17, 15) is 9.90 Å². The fourth-order valence-corrected chi connectivity index (χ4v) is 4.64. The molecule has 1 saturated heterocycles. The minimum Gasteiger partial charge on any atom is -0.480 e. The second kappa shape index (κ2) is 6.34. The van der Waals surface area contributed by atoms with Crippen LogP contribution in [0.4, 0.5) is 0 Å². The Morgan fingerprint density at radius 3 is 2.96 bits per heavy atom. The van der Waals surface area contributed by atoms with E-state index in [0.29, 0.717) is 6.42 Å². The van der Waals surface area contributed by atoms with Crippen molar-refractivity contribution in [1.29, 1.82) is 0 Å². The Hall–Kier alpha value is -2.24. The number of thiophene rings is 1. The first-order chi connectivity index (χ1) is 11.8. The molecule has 2 unspecified atom stereocenters. The van der Waals surface area contributed by atoms with E-state index < -0.39 is 12.0 Å². The molecule has 1 N–H and O–H groups in total. The maximum atomic E-state index is 11.7. The summed E-state index contributed by atoms with van der Waals surface area (Å²) in [6, 6.07) is 11.8. The lowest BCUT2D eigenvalue weighted by Gasteiger charge is -2.31. The fourth-order valence-electron chi connectivity index (χ4n) is 3.66. The summed E-state index contributed by atoms with van der Waals surface area (Å²) in [6.07, 6.45) is 5.23. The third-order valence-electron chi connectivity index (χ3n) is 4.72. The summed E-state index contributed by atoms with van der Waals surface area (Å²) < 4.78 is 1.23. The number of likely N-dealkylation sites (tertiary alicyclic amines) is 1. The van der Waals surface area contributed by atoms with Crippen LogP contribution in [-0.2, 0) is 4.79 Å². The maximum Gasteiger partial charge on any atom is 0.320 e. The van der Waals surface area contributed by atoms with E-state index in [-0.39, 0.29) is 6.04 Å². The Morgan fingerprint density at radius 2 is 2.17 bits per heavy atom. The molecule has 5 heteroatoms. The van der Waals surface area contributed by atoms with Gasteiger partial charge in [0.15, 0.2) is 0 Å². The Labute approximate surface area is 144 Å². The first-order valence-electron chi connectivity index (χ1n) is 8.10. The molecule has 1 aromatic carbocycles. The van der Waals surface area contributed by atoms with Gasteiger partial charge in [-0.1, -0.05) is 24.3 Å².